The molecular formula is C15H13NO4. The third-order valence-electron chi connectivity index (χ3n) is 2.90. The van der Waals surface area contributed by atoms with Crippen LogP contribution in [0.2, 0.25) is 0 Å². The first-order chi connectivity index (χ1) is 9.58. The number of pyridine rings is 1. The molecule has 0 bridgehead atoms. The van der Waals surface area contributed by atoms with Gasteiger partial charge < -0.3 is 10.2 Å². The Hall–Kier alpha value is -2.69. The van der Waals surface area contributed by atoms with Crippen molar-refractivity contribution in [1.29, 1.82) is 0 Å². The molecule has 0 aliphatic rings. The van der Waals surface area contributed by atoms with Crippen LogP contribution in [0, 0.1) is 0 Å². The number of hydrogen-bond acceptors (Lipinski definition) is 3. The van der Waals surface area contributed by atoms with E-state index in [-0.39, 0.29) is 12.1 Å². The number of nitrogens with zero attached hydrogens (tertiary/aromatic N) is 1. The lowest BCUT2D eigenvalue weighted by Crippen LogP contribution is -2.02. The van der Waals surface area contributed by atoms with E-state index in [1.165, 1.54) is 6.20 Å². The van der Waals surface area contributed by atoms with Crippen LogP contribution in [0.4, 0.5) is 0 Å². The van der Waals surface area contributed by atoms with Gasteiger partial charge in [0.2, 0.25) is 0 Å². The number of hydrogen-bond donors (Lipinski definition) is 2. The Labute approximate surface area is 115 Å². The molecule has 0 amide bonds. The van der Waals surface area contributed by atoms with E-state index < -0.39 is 11.9 Å². The molecule has 0 radical (unpaired) electrons. The summed E-state index contributed by atoms with van der Waals surface area (Å²) in [7, 11) is 0. The Morgan fingerprint density at radius 2 is 1.75 bits per heavy atom. The fourth-order valence-electron chi connectivity index (χ4n) is 1.91. The monoisotopic (exact) mass is 271 g/mol. The van der Waals surface area contributed by atoms with Crippen LogP contribution in [0.25, 0.3) is 11.1 Å². The summed E-state index contributed by atoms with van der Waals surface area (Å²) < 4.78 is 0. The zero-order chi connectivity index (χ0) is 14.5. The number of carboxylic acids is 2. The van der Waals surface area contributed by atoms with Gasteiger partial charge in [0.05, 0.1) is 0 Å². The number of aromatic nitrogens is 1. The second-order valence-corrected chi connectivity index (χ2v) is 4.30. The van der Waals surface area contributed by atoms with Gasteiger partial charge in [0.15, 0.2) is 5.69 Å². The first kappa shape index (κ1) is 13.7. The first-order valence-corrected chi connectivity index (χ1v) is 6.07. The zero-order valence-corrected chi connectivity index (χ0v) is 10.6. The van der Waals surface area contributed by atoms with Crippen molar-refractivity contribution in [1.82, 2.24) is 4.98 Å². The molecule has 102 valence electrons. The molecule has 0 aliphatic heterocycles. The van der Waals surface area contributed by atoms with Crippen molar-refractivity contribution in [3.05, 3.63) is 53.9 Å². The summed E-state index contributed by atoms with van der Waals surface area (Å²) in [5, 5.41) is 17.7. The summed E-state index contributed by atoms with van der Waals surface area (Å²) in [6.07, 6.45) is 1.97. The van der Waals surface area contributed by atoms with Crippen molar-refractivity contribution in [2.45, 2.75) is 12.8 Å². The van der Waals surface area contributed by atoms with E-state index in [9.17, 15) is 9.59 Å². The molecule has 2 rings (SSSR count). The average Bonchev–Trinajstić information content (AvgIpc) is 2.45. The second kappa shape index (κ2) is 5.97. The average molecular weight is 271 g/mol. The second-order valence-electron chi connectivity index (χ2n) is 4.30. The van der Waals surface area contributed by atoms with Crippen molar-refractivity contribution >= 4 is 11.9 Å². The van der Waals surface area contributed by atoms with Crippen LogP contribution in [0.3, 0.4) is 0 Å². The molecule has 5 heteroatoms. The summed E-state index contributed by atoms with van der Waals surface area (Å²) in [6, 6.07) is 10.5. The smallest absolute Gasteiger partial charge is 0.355 e. The van der Waals surface area contributed by atoms with E-state index in [2.05, 4.69) is 4.98 Å². The number of aromatic carboxylic acids is 1. The molecule has 0 saturated heterocycles. The standard InChI is InChI=1S/C15H13NO4/c17-13(18)8-5-10-3-6-11(7-4-10)12-2-1-9-16-14(12)15(19)20/h1-4,6-7,9H,5,8H2,(H,17,18)(H,19,20). The van der Waals surface area contributed by atoms with E-state index in [4.69, 9.17) is 10.2 Å². The minimum Gasteiger partial charge on any atom is -0.481 e. The van der Waals surface area contributed by atoms with Crippen LogP contribution in [0.15, 0.2) is 42.6 Å². The normalized spacial score (nSPS) is 10.2. The van der Waals surface area contributed by atoms with Crippen molar-refractivity contribution in [3.8, 4) is 11.1 Å². The topological polar surface area (TPSA) is 87.5 Å². The van der Waals surface area contributed by atoms with Gasteiger partial charge in [-0.1, -0.05) is 30.3 Å². The van der Waals surface area contributed by atoms with Crippen LogP contribution >= 0.6 is 0 Å². The number of aliphatic carboxylic acids is 1. The number of carbonyl (C=O) groups is 2. The fraction of sp³-hybridized carbons (Fsp3) is 0.133. The third-order valence-corrected chi connectivity index (χ3v) is 2.90. The summed E-state index contributed by atoms with van der Waals surface area (Å²) in [6.45, 7) is 0. The SMILES string of the molecule is O=C(O)CCc1ccc(-c2cccnc2C(=O)O)cc1. The van der Waals surface area contributed by atoms with E-state index in [0.29, 0.717) is 12.0 Å². The van der Waals surface area contributed by atoms with Crippen LogP contribution in [-0.2, 0) is 11.2 Å². The van der Waals surface area contributed by atoms with Gasteiger partial charge in [-0.05, 0) is 23.6 Å². The maximum absolute atomic E-state index is 11.1. The highest BCUT2D eigenvalue weighted by Gasteiger charge is 2.12. The van der Waals surface area contributed by atoms with Crippen LogP contribution in [0.5, 0.6) is 0 Å². The molecule has 1 aromatic carbocycles. The lowest BCUT2D eigenvalue weighted by molar-refractivity contribution is -0.136. The fourth-order valence-corrected chi connectivity index (χ4v) is 1.91. The lowest BCUT2D eigenvalue weighted by Gasteiger charge is -2.06. The number of aryl methyl sites for hydroxylation is 1. The summed E-state index contributed by atoms with van der Waals surface area (Å²) in [4.78, 5) is 25.5. The van der Waals surface area contributed by atoms with Gasteiger partial charge in [0, 0.05) is 18.2 Å². The maximum atomic E-state index is 11.1. The zero-order valence-electron chi connectivity index (χ0n) is 10.6. The van der Waals surface area contributed by atoms with Gasteiger partial charge in [-0.3, -0.25) is 4.79 Å². The molecule has 0 fully saturated rings. The molecule has 0 saturated carbocycles. The number of carboxylic acid groups (broad SMARTS) is 2. The van der Waals surface area contributed by atoms with Crippen molar-refractivity contribution in [2.75, 3.05) is 0 Å². The van der Waals surface area contributed by atoms with Crippen LogP contribution in [-0.4, -0.2) is 27.1 Å². The molecule has 5 nitrogen and oxygen atoms in total. The Kier molecular flexibility index (Phi) is 4.10. The van der Waals surface area contributed by atoms with Crippen molar-refractivity contribution < 1.29 is 19.8 Å². The summed E-state index contributed by atoms with van der Waals surface area (Å²) >= 11 is 0. The molecule has 20 heavy (non-hydrogen) atoms. The Morgan fingerprint density at radius 1 is 1.05 bits per heavy atom. The molecule has 2 aromatic rings. The van der Waals surface area contributed by atoms with E-state index in [1.54, 1.807) is 36.4 Å². The highest BCUT2D eigenvalue weighted by molar-refractivity contribution is 5.93. The molecule has 0 unspecified atom stereocenters. The molecular weight excluding hydrogens is 258 g/mol. The van der Waals surface area contributed by atoms with Crippen LogP contribution in [0.1, 0.15) is 22.5 Å². The molecule has 1 heterocycles. The van der Waals surface area contributed by atoms with Gasteiger partial charge in [0.25, 0.3) is 0 Å². The minimum absolute atomic E-state index is 0.00536. The minimum atomic E-state index is -1.07. The number of benzene rings is 1. The van der Waals surface area contributed by atoms with Gasteiger partial charge in [-0.2, -0.15) is 0 Å². The van der Waals surface area contributed by atoms with Gasteiger partial charge in [0.1, 0.15) is 0 Å². The molecule has 0 spiro atoms. The highest BCUT2D eigenvalue weighted by atomic mass is 16.4. The molecule has 1 aromatic heterocycles. The van der Waals surface area contributed by atoms with E-state index in [0.717, 1.165) is 11.1 Å². The quantitative estimate of drug-likeness (QED) is 0.872. The number of rotatable bonds is 5. The molecule has 0 atom stereocenters. The third kappa shape index (κ3) is 3.20. The Bertz CT molecular complexity index is 635. The van der Waals surface area contributed by atoms with Gasteiger partial charge in [-0.15, -0.1) is 0 Å². The van der Waals surface area contributed by atoms with Crippen molar-refractivity contribution in [2.24, 2.45) is 0 Å². The maximum Gasteiger partial charge on any atom is 0.355 e. The lowest BCUT2D eigenvalue weighted by atomic mass is 10.0. The van der Waals surface area contributed by atoms with Gasteiger partial charge in [-0.25, -0.2) is 9.78 Å². The summed E-state index contributed by atoms with van der Waals surface area (Å²) in [5.41, 5.74) is 2.20. The van der Waals surface area contributed by atoms with E-state index >= 15 is 0 Å². The van der Waals surface area contributed by atoms with Gasteiger partial charge >= 0.3 is 11.9 Å². The van der Waals surface area contributed by atoms with E-state index in [1.807, 2.05) is 0 Å². The van der Waals surface area contributed by atoms with Crippen molar-refractivity contribution in [3.63, 3.8) is 0 Å². The first-order valence-electron chi connectivity index (χ1n) is 6.07. The Balaban J connectivity index is 2.26. The molecule has 2 N–H and O–H groups in total. The molecule has 0 aliphatic carbocycles. The summed E-state index contributed by atoms with van der Waals surface area (Å²) in [5.74, 6) is -1.91. The predicted molar refractivity (Wildman–Crippen MR) is 72.6 cm³/mol. The van der Waals surface area contributed by atoms with Crippen LogP contribution < -0.4 is 0 Å². The highest BCUT2D eigenvalue weighted by Crippen LogP contribution is 2.23. The largest absolute Gasteiger partial charge is 0.481 e. The Morgan fingerprint density at radius 3 is 2.35 bits per heavy atom. The predicted octanol–water partition coefficient (Wildman–Crippen LogP) is 2.46.